The smallest absolute Gasteiger partial charge is 0.289 e. The average Bonchev–Trinajstić information content (AvgIpc) is 3.23. The Balaban J connectivity index is 1.60. The molecule has 0 unspecified atom stereocenters. The Morgan fingerprint density at radius 1 is 1.35 bits per heavy atom. The van der Waals surface area contributed by atoms with Crippen LogP contribution in [0, 0.1) is 5.82 Å². The molecule has 1 aliphatic heterocycles. The molecule has 6 heteroatoms. The predicted octanol–water partition coefficient (Wildman–Crippen LogP) is 3.25. The topological polar surface area (TPSA) is 51.3 Å². The van der Waals surface area contributed by atoms with E-state index in [0.717, 1.165) is 24.9 Å². The lowest BCUT2D eigenvalue weighted by atomic mass is 10.0. The third kappa shape index (κ3) is 2.50. The second-order valence-corrected chi connectivity index (χ2v) is 5.81. The van der Waals surface area contributed by atoms with E-state index in [1.165, 1.54) is 18.4 Å². The van der Waals surface area contributed by atoms with E-state index in [1.54, 1.807) is 24.5 Å². The molecule has 1 fully saturated rings. The van der Waals surface area contributed by atoms with Crippen molar-refractivity contribution in [1.82, 2.24) is 14.5 Å². The van der Waals surface area contributed by atoms with Gasteiger partial charge in [-0.25, -0.2) is 9.37 Å². The summed E-state index contributed by atoms with van der Waals surface area (Å²) in [5.74, 6) is -0.0145. The van der Waals surface area contributed by atoms with E-state index in [2.05, 4.69) is 4.98 Å². The van der Waals surface area contributed by atoms with Gasteiger partial charge in [-0.2, -0.15) is 0 Å². The van der Waals surface area contributed by atoms with Crippen molar-refractivity contribution in [2.45, 2.75) is 18.9 Å². The number of benzene rings is 1. The lowest BCUT2D eigenvalue weighted by Gasteiger charge is -2.33. The average molecular weight is 313 g/mol. The molecule has 1 amide bonds. The van der Waals surface area contributed by atoms with E-state index < -0.39 is 0 Å². The Bertz CT molecular complexity index is 841. The summed E-state index contributed by atoms with van der Waals surface area (Å²) in [4.78, 5) is 18.5. The lowest BCUT2D eigenvalue weighted by Crippen LogP contribution is -2.40. The lowest BCUT2D eigenvalue weighted by molar-refractivity contribution is 0.0649. The Labute approximate surface area is 132 Å². The fourth-order valence-corrected chi connectivity index (χ4v) is 3.22. The maximum Gasteiger partial charge on any atom is 0.289 e. The molecule has 0 aliphatic carbocycles. The number of amides is 1. The van der Waals surface area contributed by atoms with Crippen LogP contribution in [-0.2, 0) is 0 Å². The number of imidazole rings is 1. The summed E-state index contributed by atoms with van der Waals surface area (Å²) in [7, 11) is 0. The number of carbonyl (C=O) groups is 1. The standard InChI is InChI=1S/C17H16FN3O2/c18-12-5-6-15-14(9-12)19-11-21(15)13-3-1-7-20(10-13)17(22)16-4-2-8-23-16/h2,4-6,8-9,11,13H,1,3,7,10H2/t13-/m0/s1. The molecule has 118 valence electrons. The van der Waals surface area contributed by atoms with Crippen molar-refractivity contribution < 1.29 is 13.6 Å². The molecule has 1 atom stereocenters. The first-order valence-electron chi connectivity index (χ1n) is 7.67. The van der Waals surface area contributed by atoms with Gasteiger partial charge in [-0.3, -0.25) is 4.79 Å². The second kappa shape index (κ2) is 5.53. The fourth-order valence-electron chi connectivity index (χ4n) is 3.22. The molecule has 2 aromatic heterocycles. The van der Waals surface area contributed by atoms with Crippen LogP contribution in [0.15, 0.2) is 47.3 Å². The second-order valence-electron chi connectivity index (χ2n) is 5.81. The van der Waals surface area contributed by atoms with Crippen molar-refractivity contribution in [3.63, 3.8) is 0 Å². The van der Waals surface area contributed by atoms with Crippen LogP contribution in [0.5, 0.6) is 0 Å². The zero-order valence-electron chi connectivity index (χ0n) is 12.5. The van der Waals surface area contributed by atoms with Crippen LogP contribution in [0.1, 0.15) is 29.4 Å². The monoisotopic (exact) mass is 313 g/mol. The largest absolute Gasteiger partial charge is 0.459 e. The summed E-state index contributed by atoms with van der Waals surface area (Å²) in [6, 6.07) is 8.15. The zero-order valence-corrected chi connectivity index (χ0v) is 12.5. The van der Waals surface area contributed by atoms with Crippen molar-refractivity contribution in [3.05, 3.63) is 54.5 Å². The molecule has 1 aromatic carbocycles. The van der Waals surface area contributed by atoms with Gasteiger partial charge in [0.1, 0.15) is 5.82 Å². The van der Waals surface area contributed by atoms with Gasteiger partial charge in [0.15, 0.2) is 5.76 Å². The third-order valence-electron chi connectivity index (χ3n) is 4.35. The molecule has 0 bridgehead atoms. The highest BCUT2D eigenvalue weighted by molar-refractivity contribution is 5.91. The van der Waals surface area contributed by atoms with Gasteiger partial charge in [0.2, 0.25) is 0 Å². The number of aromatic nitrogens is 2. The van der Waals surface area contributed by atoms with Crippen molar-refractivity contribution in [2.24, 2.45) is 0 Å². The van der Waals surface area contributed by atoms with E-state index in [-0.39, 0.29) is 17.8 Å². The van der Waals surface area contributed by atoms with Gasteiger partial charge in [0.05, 0.1) is 29.7 Å². The predicted molar refractivity (Wildman–Crippen MR) is 82.6 cm³/mol. The Kier molecular flexibility index (Phi) is 3.37. The fraction of sp³-hybridized carbons (Fsp3) is 0.294. The number of halogens is 1. The molecule has 0 saturated carbocycles. The number of hydrogen-bond acceptors (Lipinski definition) is 3. The normalized spacial score (nSPS) is 18.5. The van der Waals surface area contributed by atoms with Crippen molar-refractivity contribution >= 4 is 16.9 Å². The minimum Gasteiger partial charge on any atom is -0.459 e. The van der Waals surface area contributed by atoms with Crippen molar-refractivity contribution in [2.75, 3.05) is 13.1 Å². The number of furan rings is 1. The van der Waals surface area contributed by atoms with Crippen LogP contribution < -0.4 is 0 Å². The van der Waals surface area contributed by atoms with Crippen LogP contribution >= 0.6 is 0 Å². The molecule has 1 saturated heterocycles. The van der Waals surface area contributed by atoms with Gasteiger partial charge in [-0.05, 0) is 37.1 Å². The number of rotatable bonds is 2. The SMILES string of the molecule is O=C(c1ccco1)N1CCC[C@H](n2cnc3cc(F)ccc32)C1. The van der Waals surface area contributed by atoms with E-state index >= 15 is 0 Å². The third-order valence-corrected chi connectivity index (χ3v) is 4.35. The number of likely N-dealkylation sites (tertiary alicyclic amines) is 1. The maximum atomic E-state index is 13.3. The maximum absolute atomic E-state index is 13.3. The van der Waals surface area contributed by atoms with Gasteiger partial charge in [0, 0.05) is 19.2 Å². The first-order chi connectivity index (χ1) is 11.2. The summed E-state index contributed by atoms with van der Waals surface area (Å²) in [5.41, 5.74) is 1.53. The van der Waals surface area contributed by atoms with E-state index in [1.807, 2.05) is 9.47 Å². The highest BCUT2D eigenvalue weighted by Crippen LogP contribution is 2.27. The van der Waals surface area contributed by atoms with Gasteiger partial charge < -0.3 is 13.9 Å². The minimum atomic E-state index is -0.291. The number of fused-ring (bicyclic) bond motifs is 1. The molecule has 1 aliphatic rings. The highest BCUT2D eigenvalue weighted by Gasteiger charge is 2.27. The van der Waals surface area contributed by atoms with E-state index in [0.29, 0.717) is 17.8 Å². The number of carbonyl (C=O) groups excluding carboxylic acids is 1. The van der Waals surface area contributed by atoms with Gasteiger partial charge >= 0.3 is 0 Å². The summed E-state index contributed by atoms with van der Waals surface area (Å²) < 4.78 is 20.5. The van der Waals surface area contributed by atoms with Crippen molar-refractivity contribution in [1.29, 1.82) is 0 Å². The van der Waals surface area contributed by atoms with Crippen LogP contribution in [0.3, 0.4) is 0 Å². The Hall–Kier alpha value is -2.63. The van der Waals surface area contributed by atoms with Crippen LogP contribution in [0.2, 0.25) is 0 Å². The molecular weight excluding hydrogens is 297 g/mol. The molecule has 0 spiro atoms. The van der Waals surface area contributed by atoms with Crippen LogP contribution in [-0.4, -0.2) is 33.4 Å². The molecule has 23 heavy (non-hydrogen) atoms. The van der Waals surface area contributed by atoms with Crippen LogP contribution in [0.4, 0.5) is 4.39 Å². The number of nitrogens with zero attached hydrogens (tertiary/aromatic N) is 3. The molecular formula is C17H16FN3O2. The van der Waals surface area contributed by atoms with Gasteiger partial charge in [0.25, 0.3) is 5.91 Å². The first-order valence-corrected chi connectivity index (χ1v) is 7.67. The Morgan fingerprint density at radius 3 is 3.09 bits per heavy atom. The zero-order chi connectivity index (χ0) is 15.8. The molecule has 0 radical (unpaired) electrons. The first kappa shape index (κ1) is 14.0. The summed E-state index contributed by atoms with van der Waals surface area (Å²) >= 11 is 0. The summed E-state index contributed by atoms with van der Waals surface area (Å²) in [5, 5.41) is 0. The quantitative estimate of drug-likeness (QED) is 0.730. The summed E-state index contributed by atoms with van der Waals surface area (Å²) in [6.07, 6.45) is 5.12. The van der Waals surface area contributed by atoms with Crippen LogP contribution in [0.25, 0.3) is 11.0 Å². The van der Waals surface area contributed by atoms with E-state index in [4.69, 9.17) is 4.42 Å². The molecule has 4 rings (SSSR count). The highest BCUT2D eigenvalue weighted by atomic mass is 19.1. The molecule has 3 aromatic rings. The minimum absolute atomic E-state index is 0.0878. The molecule has 5 nitrogen and oxygen atoms in total. The summed E-state index contributed by atoms with van der Waals surface area (Å²) in [6.45, 7) is 1.32. The number of piperidine rings is 1. The molecule has 0 N–H and O–H groups in total. The number of hydrogen-bond donors (Lipinski definition) is 0. The van der Waals surface area contributed by atoms with Gasteiger partial charge in [-0.15, -0.1) is 0 Å². The molecule has 3 heterocycles. The van der Waals surface area contributed by atoms with Crippen molar-refractivity contribution in [3.8, 4) is 0 Å². The van der Waals surface area contributed by atoms with Gasteiger partial charge in [-0.1, -0.05) is 0 Å². The van der Waals surface area contributed by atoms with E-state index in [9.17, 15) is 9.18 Å². The Morgan fingerprint density at radius 2 is 2.26 bits per heavy atom.